The summed E-state index contributed by atoms with van der Waals surface area (Å²) in [6.07, 6.45) is 9.78. The second-order valence-electron chi connectivity index (χ2n) is 10.6. The predicted octanol–water partition coefficient (Wildman–Crippen LogP) is 5.96. The number of primary amides is 1. The van der Waals surface area contributed by atoms with Crippen molar-refractivity contribution in [3.63, 3.8) is 0 Å². The van der Waals surface area contributed by atoms with Gasteiger partial charge in [-0.2, -0.15) is 5.10 Å². The number of amides is 1. The van der Waals surface area contributed by atoms with E-state index in [0.717, 1.165) is 60.3 Å². The largest absolute Gasteiger partial charge is 0.370 e. The molecule has 1 aliphatic heterocycles. The lowest BCUT2D eigenvalue weighted by atomic mass is 9.83. The summed E-state index contributed by atoms with van der Waals surface area (Å²) in [5.41, 5.74) is 10.9. The number of nitrogens with zero attached hydrogens (tertiary/aromatic N) is 5. The van der Waals surface area contributed by atoms with Crippen LogP contribution < -0.4 is 5.73 Å². The highest BCUT2D eigenvalue weighted by molar-refractivity contribution is 6.35. The quantitative estimate of drug-likeness (QED) is 0.399. The number of carbonyl (C=O) groups excluding carboxylic acids is 1. The van der Waals surface area contributed by atoms with Gasteiger partial charge in [0.2, 0.25) is 5.91 Å². The van der Waals surface area contributed by atoms with Crippen LogP contribution in [0.2, 0.25) is 10.0 Å². The third-order valence-corrected chi connectivity index (χ3v) is 8.62. The maximum Gasteiger partial charge on any atom is 0.217 e. The normalized spacial score (nSPS) is 23.4. The molecule has 3 aromatic rings. The number of fused-ring (bicyclic) bond motifs is 1. The van der Waals surface area contributed by atoms with E-state index in [1.54, 1.807) is 6.07 Å². The average Bonchev–Trinajstić information content (AvgIpc) is 3.46. The lowest BCUT2D eigenvalue weighted by molar-refractivity contribution is -0.118. The molecule has 37 heavy (non-hydrogen) atoms. The summed E-state index contributed by atoms with van der Waals surface area (Å²) in [4.78, 5) is 23.8. The molecule has 1 saturated heterocycles. The second-order valence-corrected chi connectivity index (χ2v) is 11.4. The zero-order valence-electron chi connectivity index (χ0n) is 21.6. The van der Waals surface area contributed by atoms with Gasteiger partial charge in [-0.1, -0.05) is 42.3 Å². The molecule has 0 radical (unpaired) electrons. The first kappa shape index (κ1) is 26.1. The van der Waals surface area contributed by atoms with Gasteiger partial charge in [-0.3, -0.25) is 9.69 Å². The van der Waals surface area contributed by atoms with E-state index in [4.69, 9.17) is 44.0 Å². The van der Waals surface area contributed by atoms with Crippen molar-refractivity contribution in [3.8, 4) is 0 Å². The predicted molar refractivity (Wildman–Crippen MR) is 149 cm³/mol. The summed E-state index contributed by atoms with van der Waals surface area (Å²) >= 11 is 12.6. The molecule has 7 nitrogen and oxygen atoms in total. The topological polar surface area (TPSA) is 89.9 Å². The number of allylic oxidation sites excluding steroid dienone is 1. The zero-order chi connectivity index (χ0) is 26.3. The van der Waals surface area contributed by atoms with Gasteiger partial charge in [0.15, 0.2) is 5.65 Å². The molecule has 196 valence electrons. The van der Waals surface area contributed by atoms with Crippen molar-refractivity contribution in [2.24, 2.45) is 11.7 Å². The SMILES string of the molecule is Cc1nn([C@H](C)c2ccc(Cl)cc2Cl)c2nc(C3=CC[C@H](N4CCC[C@H]4CCC(N)=O)C(C)C3)cnc12. The average molecular weight is 542 g/mol. The highest BCUT2D eigenvalue weighted by Gasteiger charge is 2.35. The van der Waals surface area contributed by atoms with Crippen molar-refractivity contribution in [2.45, 2.75) is 77.4 Å². The van der Waals surface area contributed by atoms with Gasteiger partial charge < -0.3 is 5.73 Å². The molecule has 9 heteroatoms. The lowest BCUT2D eigenvalue weighted by Gasteiger charge is -2.39. The molecule has 1 amide bonds. The molecule has 1 aliphatic carbocycles. The summed E-state index contributed by atoms with van der Waals surface area (Å²) in [5, 5.41) is 5.99. The minimum Gasteiger partial charge on any atom is -0.370 e. The van der Waals surface area contributed by atoms with E-state index in [-0.39, 0.29) is 11.9 Å². The monoisotopic (exact) mass is 540 g/mol. The fourth-order valence-corrected chi connectivity index (χ4v) is 6.66. The van der Waals surface area contributed by atoms with Crippen LogP contribution in [0.25, 0.3) is 16.7 Å². The number of likely N-dealkylation sites (tertiary alicyclic amines) is 1. The smallest absolute Gasteiger partial charge is 0.217 e. The van der Waals surface area contributed by atoms with E-state index in [0.29, 0.717) is 34.5 Å². The minimum atomic E-state index is -0.207. The van der Waals surface area contributed by atoms with E-state index >= 15 is 0 Å². The Bertz CT molecular complexity index is 1350. The molecule has 1 aromatic carbocycles. The molecule has 1 unspecified atom stereocenters. The Labute approximate surface area is 228 Å². The van der Waals surface area contributed by atoms with Crippen LogP contribution in [-0.4, -0.2) is 49.2 Å². The maximum atomic E-state index is 11.3. The molecule has 5 rings (SSSR count). The van der Waals surface area contributed by atoms with Crippen LogP contribution in [0.15, 0.2) is 30.5 Å². The summed E-state index contributed by atoms with van der Waals surface area (Å²) in [6.45, 7) is 7.44. The van der Waals surface area contributed by atoms with Gasteiger partial charge in [0, 0.05) is 28.5 Å². The summed E-state index contributed by atoms with van der Waals surface area (Å²) < 4.78 is 1.92. The van der Waals surface area contributed by atoms with Gasteiger partial charge in [0.05, 0.1) is 23.6 Å². The highest BCUT2D eigenvalue weighted by atomic mass is 35.5. The number of nitrogens with two attached hydrogens (primary N) is 1. The van der Waals surface area contributed by atoms with Crippen molar-refractivity contribution >= 4 is 45.8 Å². The summed E-state index contributed by atoms with van der Waals surface area (Å²) in [6, 6.07) is 6.34. The van der Waals surface area contributed by atoms with Crippen molar-refractivity contribution in [1.29, 1.82) is 0 Å². The Morgan fingerprint density at radius 2 is 2.11 bits per heavy atom. The van der Waals surface area contributed by atoms with Gasteiger partial charge >= 0.3 is 0 Å². The van der Waals surface area contributed by atoms with Gasteiger partial charge in [-0.05, 0) is 81.7 Å². The van der Waals surface area contributed by atoms with Crippen LogP contribution in [0.1, 0.15) is 75.4 Å². The van der Waals surface area contributed by atoms with Crippen LogP contribution in [-0.2, 0) is 4.79 Å². The molecule has 2 aromatic heterocycles. The second kappa shape index (κ2) is 10.7. The number of hydrogen-bond donors (Lipinski definition) is 1. The Hall–Kier alpha value is -2.48. The van der Waals surface area contributed by atoms with E-state index in [1.165, 1.54) is 12.0 Å². The number of carbonyl (C=O) groups is 1. The molecule has 0 saturated carbocycles. The molecule has 3 heterocycles. The molecule has 1 fully saturated rings. The van der Waals surface area contributed by atoms with E-state index in [1.807, 2.05) is 29.9 Å². The number of benzene rings is 1. The molecule has 2 aliphatic rings. The summed E-state index contributed by atoms with van der Waals surface area (Å²) in [5.74, 6) is 0.270. The van der Waals surface area contributed by atoms with Crippen molar-refractivity contribution in [3.05, 3.63) is 57.5 Å². The standard InChI is InChI=1S/C28H34Cl2N6O/c1-16-13-19(6-10-25(16)35-12-4-5-21(35)8-11-26(31)37)24-15-32-27-17(2)34-36(28(27)33-24)18(3)22-9-7-20(29)14-23(22)30/h6-7,9,14-16,18,21,25H,4-5,8,10-13H2,1-3H3,(H2,31,37)/t16?,18-,21+,25+/m1/s1. The first-order valence-corrected chi connectivity index (χ1v) is 13.9. The van der Waals surface area contributed by atoms with Crippen LogP contribution in [0.5, 0.6) is 0 Å². The van der Waals surface area contributed by atoms with Crippen LogP contribution in [0.4, 0.5) is 0 Å². The number of rotatable bonds is 7. The third kappa shape index (κ3) is 5.27. The Morgan fingerprint density at radius 3 is 2.84 bits per heavy atom. The number of halogens is 2. The molecular formula is C28H34Cl2N6O. The van der Waals surface area contributed by atoms with E-state index in [9.17, 15) is 4.79 Å². The fraction of sp³-hybridized carbons (Fsp3) is 0.500. The molecule has 2 N–H and O–H groups in total. The fourth-order valence-electron chi connectivity index (χ4n) is 6.09. The maximum absolute atomic E-state index is 11.3. The van der Waals surface area contributed by atoms with Crippen LogP contribution in [0.3, 0.4) is 0 Å². The number of hydrogen-bond acceptors (Lipinski definition) is 5. The lowest BCUT2D eigenvalue weighted by Crippen LogP contribution is -2.44. The third-order valence-electron chi connectivity index (χ3n) is 8.06. The van der Waals surface area contributed by atoms with Gasteiger partial charge in [-0.25, -0.2) is 14.6 Å². The Kier molecular flexibility index (Phi) is 7.57. The first-order valence-electron chi connectivity index (χ1n) is 13.1. The number of aromatic nitrogens is 4. The highest BCUT2D eigenvalue weighted by Crippen LogP contribution is 2.37. The van der Waals surface area contributed by atoms with Crippen molar-refractivity contribution in [2.75, 3.05) is 6.54 Å². The Morgan fingerprint density at radius 1 is 1.30 bits per heavy atom. The van der Waals surface area contributed by atoms with Crippen LogP contribution >= 0.6 is 23.2 Å². The minimum absolute atomic E-state index is 0.123. The molecule has 4 atom stereocenters. The van der Waals surface area contributed by atoms with Gasteiger partial charge in [0.1, 0.15) is 5.52 Å². The van der Waals surface area contributed by atoms with E-state index in [2.05, 4.69) is 24.8 Å². The number of aryl methyl sites for hydroxylation is 1. The van der Waals surface area contributed by atoms with Crippen molar-refractivity contribution < 1.29 is 4.79 Å². The van der Waals surface area contributed by atoms with E-state index < -0.39 is 0 Å². The first-order chi connectivity index (χ1) is 17.7. The molecule has 0 bridgehead atoms. The Balaban J connectivity index is 1.41. The van der Waals surface area contributed by atoms with Crippen LogP contribution in [0, 0.1) is 12.8 Å². The van der Waals surface area contributed by atoms with Crippen molar-refractivity contribution in [1.82, 2.24) is 24.6 Å². The van der Waals surface area contributed by atoms with Gasteiger partial charge in [0.25, 0.3) is 0 Å². The molecular weight excluding hydrogens is 507 g/mol. The molecule has 0 spiro atoms. The van der Waals surface area contributed by atoms with Gasteiger partial charge in [-0.15, -0.1) is 0 Å². The summed E-state index contributed by atoms with van der Waals surface area (Å²) in [7, 11) is 0. The zero-order valence-corrected chi connectivity index (χ0v) is 23.1.